The monoisotopic (exact) mass is 319 g/mol. The van der Waals surface area contributed by atoms with Gasteiger partial charge in [0.25, 0.3) is 0 Å². The largest absolute Gasteiger partial charge is 0.378 e. The molecule has 1 amide bonds. The molecule has 1 saturated heterocycles. The lowest BCUT2D eigenvalue weighted by atomic mass is 10.2. The molecule has 0 saturated carbocycles. The molecule has 5 nitrogen and oxygen atoms in total. The molecule has 0 bridgehead atoms. The highest BCUT2D eigenvalue weighted by Gasteiger charge is 2.15. The highest BCUT2D eigenvalue weighted by atomic mass is 32.1. The SMILES string of the molecule is CCCCC(=O)Nc1ccc2nc(N3CCOCC3)sc2c1. The number of carbonyl (C=O) groups excluding carboxylic acids is 1. The lowest BCUT2D eigenvalue weighted by Gasteiger charge is -2.25. The van der Waals surface area contributed by atoms with Crippen molar-refractivity contribution in [2.45, 2.75) is 26.2 Å². The Morgan fingerprint density at radius 3 is 3.00 bits per heavy atom. The normalized spacial score (nSPS) is 15.2. The number of hydrogen-bond donors (Lipinski definition) is 1. The number of morpholine rings is 1. The fraction of sp³-hybridized carbons (Fsp3) is 0.500. The number of carbonyl (C=O) groups is 1. The van der Waals surface area contributed by atoms with Crippen LogP contribution in [0.3, 0.4) is 0 Å². The Kier molecular flexibility index (Phi) is 4.90. The van der Waals surface area contributed by atoms with Gasteiger partial charge in [-0.2, -0.15) is 0 Å². The van der Waals surface area contributed by atoms with E-state index >= 15 is 0 Å². The van der Waals surface area contributed by atoms with Gasteiger partial charge < -0.3 is 15.0 Å². The van der Waals surface area contributed by atoms with E-state index in [4.69, 9.17) is 4.74 Å². The van der Waals surface area contributed by atoms with Crippen LogP contribution >= 0.6 is 11.3 Å². The number of thiazole rings is 1. The van der Waals surface area contributed by atoms with Gasteiger partial charge in [-0.3, -0.25) is 4.79 Å². The van der Waals surface area contributed by atoms with Crippen LogP contribution in [0.15, 0.2) is 18.2 Å². The van der Waals surface area contributed by atoms with Gasteiger partial charge in [0, 0.05) is 25.2 Å². The second-order valence-corrected chi connectivity index (χ2v) is 6.44. The number of rotatable bonds is 5. The minimum Gasteiger partial charge on any atom is -0.378 e. The van der Waals surface area contributed by atoms with Gasteiger partial charge in [-0.1, -0.05) is 24.7 Å². The van der Waals surface area contributed by atoms with Gasteiger partial charge in [0.1, 0.15) is 0 Å². The first kappa shape index (κ1) is 15.2. The van der Waals surface area contributed by atoms with Crippen LogP contribution < -0.4 is 10.2 Å². The van der Waals surface area contributed by atoms with Crippen LogP contribution in [0.4, 0.5) is 10.8 Å². The third kappa shape index (κ3) is 3.56. The number of hydrogen-bond acceptors (Lipinski definition) is 5. The predicted octanol–water partition coefficient (Wildman–Crippen LogP) is 3.26. The summed E-state index contributed by atoms with van der Waals surface area (Å²) in [5.74, 6) is 0.0825. The number of aromatic nitrogens is 1. The summed E-state index contributed by atoms with van der Waals surface area (Å²) in [6.07, 6.45) is 2.54. The number of fused-ring (bicyclic) bond motifs is 1. The molecule has 0 unspecified atom stereocenters. The Morgan fingerprint density at radius 1 is 1.41 bits per heavy atom. The zero-order chi connectivity index (χ0) is 15.4. The standard InChI is InChI=1S/C16H21N3O2S/c1-2-3-4-15(20)17-12-5-6-13-14(11-12)22-16(18-13)19-7-9-21-10-8-19/h5-6,11H,2-4,7-10H2,1H3,(H,17,20). The average Bonchev–Trinajstić information content (AvgIpc) is 2.97. The summed E-state index contributed by atoms with van der Waals surface area (Å²) in [5.41, 5.74) is 1.84. The van der Waals surface area contributed by atoms with E-state index < -0.39 is 0 Å². The van der Waals surface area contributed by atoms with Gasteiger partial charge in [-0.05, 0) is 24.6 Å². The van der Waals surface area contributed by atoms with Crippen molar-refractivity contribution in [3.63, 3.8) is 0 Å². The molecule has 3 rings (SSSR count). The van der Waals surface area contributed by atoms with Crippen molar-refractivity contribution in [2.75, 3.05) is 36.5 Å². The number of amides is 1. The van der Waals surface area contributed by atoms with Gasteiger partial charge in [-0.15, -0.1) is 0 Å². The van der Waals surface area contributed by atoms with E-state index in [0.29, 0.717) is 6.42 Å². The Hall–Kier alpha value is -1.66. The molecular formula is C16H21N3O2S. The maximum absolute atomic E-state index is 11.8. The van der Waals surface area contributed by atoms with E-state index in [1.54, 1.807) is 11.3 Å². The molecule has 1 aromatic carbocycles. The molecule has 0 aliphatic carbocycles. The van der Waals surface area contributed by atoms with Crippen LogP contribution in [0.25, 0.3) is 10.2 Å². The minimum atomic E-state index is 0.0825. The molecule has 1 aliphatic heterocycles. The minimum absolute atomic E-state index is 0.0825. The number of nitrogens with zero attached hydrogens (tertiary/aromatic N) is 2. The molecule has 0 radical (unpaired) electrons. The first-order valence-electron chi connectivity index (χ1n) is 7.79. The summed E-state index contributed by atoms with van der Waals surface area (Å²) in [7, 11) is 0. The van der Waals surface area contributed by atoms with Crippen molar-refractivity contribution < 1.29 is 9.53 Å². The quantitative estimate of drug-likeness (QED) is 0.919. The Bertz CT molecular complexity index is 650. The van der Waals surface area contributed by atoms with Gasteiger partial charge >= 0.3 is 0 Å². The van der Waals surface area contributed by atoms with Crippen LogP contribution in [0, 0.1) is 0 Å². The van der Waals surface area contributed by atoms with E-state index in [1.807, 2.05) is 18.2 Å². The summed E-state index contributed by atoms with van der Waals surface area (Å²) in [6.45, 7) is 5.38. The molecule has 0 spiro atoms. The summed E-state index contributed by atoms with van der Waals surface area (Å²) >= 11 is 1.67. The lowest BCUT2D eigenvalue weighted by Crippen LogP contribution is -2.36. The molecule has 1 N–H and O–H groups in total. The van der Waals surface area contributed by atoms with Crippen LogP contribution in [-0.4, -0.2) is 37.2 Å². The Morgan fingerprint density at radius 2 is 2.23 bits per heavy atom. The van der Waals surface area contributed by atoms with E-state index in [2.05, 4.69) is 22.1 Å². The molecular weight excluding hydrogens is 298 g/mol. The van der Waals surface area contributed by atoms with Gasteiger partial charge in [0.2, 0.25) is 5.91 Å². The van der Waals surface area contributed by atoms with Crippen LogP contribution in [0.5, 0.6) is 0 Å². The fourth-order valence-electron chi connectivity index (χ4n) is 2.44. The summed E-state index contributed by atoms with van der Waals surface area (Å²) in [5, 5.41) is 4.00. The fourth-order valence-corrected chi connectivity index (χ4v) is 3.50. The first-order valence-corrected chi connectivity index (χ1v) is 8.61. The van der Waals surface area contributed by atoms with E-state index in [9.17, 15) is 4.79 Å². The van der Waals surface area contributed by atoms with Crippen molar-refractivity contribution in [1.82, 2.24) is 4.98 Å². The van der Waals surface area contributed by atoms with Gasteiger partial charge in [0.15, 0.2) is 5.13 Å². The molecule has 6 heteroatoms. The predicted molar refractivity (Wildman–Crippen MR) is 90.8 cm³/mol. The second-order valence-electron chi connectivity index (χ2n) is 5.43. The molecule has 22 heavy (non-hydrogen) atoms. The maximum atomic E-state index is 11.8. The molecule has 1 aliphatic rings. The zero-order valence-corrected chi connectivity index (χ0v) is 13.6. The Labute approximate surface area is 134 Å². The van der Waals surface area contributed by atoms with Crippen molar-refractivity contribution in [3.05, 3.63) is 18.2 Å². The number of benzene rings is 1. The number of anilines is 2. The second kappa shape index (κ2) is 7.07. The third-order valence-corrected chi connectivity index (χ3v) is 4.78. The third-order valence-electron chi connectivity index (χ3n) is 3.70. The van der Waals surface area contributed by atoms with E-state index in [1.165, 1.54) is 0 Å². The summed E-state index contributed by atoms with van der Waals surface area (Å²) in [6, 6.07) is 5.92. The van der Waals surface area contributed by atoms with Crippen LogP contribution in [0.1, 0.15) is 26.2 Å². The highest BCUT2D eigenvalue weighted by Crippen LogP contribution is 2.31. The molecule has 2 aromatic rings. The van der Waals surface area contributed by atoms with Crippen LogP contribution in [-0.2, 0) is 9.53 Å². The first-order chi connectivity index (χ1) is 10.8. The van der Waals surface area contributed by atoms with Gasteiger partial charge in [0.05, 0.1) is 23.4 Å². The van der Waals surface area contributed by atoms with Crippen molar-refractivity contribution in [2.24, 2.45) is 0 Å². The number of ether oxygens (including phenoxy) is 1. The van der Waals surface area contributed by atoms with Crippen molar-refractivity contribution in [1.29, 1.82) is 0 Å². The molecule has 118 valence electrons. The van der Waals surface area contributed by atoms with Crippen molar-refractivity contribution >= 4 is 38.3 Å². The lowest BCUT2D eigenvalue weighted by molar-refractivity contribution is -0.116. The summed E-state index contributed by atoms with van der Waals surface area (Å²) < 4.78 is 6.48. The smallest absolute Gasteiger partial charge is 0.224 e. The zero-order valence-electron chi connectivity index (χ0n) is 12.8. The average molecular weight is 319 g/mol. The van der Waals surface area contributed by atoms with E-state index in [-0.39, 0.29) is 5.91 Å². The summed E-state index contributed by atoms with van der Waals surface area (Å²) in [4.78, 5) is 18.8. The van der Waals surface area contributed by atoms with Crippen LogP contribution in [0.2, 0.25) is 0 Å². The maximum Gasteiger partial charge on any atom is 0.224 e. The Balaban J connectivity index is 1.73. The number of nitrogens with one attached hydrogen (secondary N) is 1. The molecule has 0 atom stereocenters. The molecule has 2 heterocycles. The van der Waals surface area contributed by atoms with E-state index in [0.717, 1.165) is 60.2 Å². The highest BCUT2D eigenvalue weighted by molar-refractivity contribution is 7.22. The number of unbranched alkanes of at least 4 members (excludes halogenated alkanes) is 1. The molecule has 1 aromatic heterocycles. The molecule has 1 fully saturated rings. The van der Waals surface area contributed by atoms with Gasteiger partial charge in [-0.25, -0.2) is 4.98 Å². The topological polar surface area (TPSA) is 54.5 Å². The van der Waals surface area contributed by atoms with Crippen molar-refractivity contribution in [3.8, 4) is 0 Å².